The van der Waals surface area contributed by atoms with E-state index in [0.717, 1.165) is 67.7 Å². The molecule has 0 amide bonds. The number of hydrogen-bond acceptors (Lipinski definition) is 5. The Balaban J connectivity index is 1.52. The van der Waals surface area contributed by atoms with Crippen LogP contribution in [0.5, 0.6) is 5.75 Å². The van der Waals surface area contributed by atoms with E-state index in [-0.39, 0.29) is 12.0 Å². The zero-order valence-corrected chi connectivity index (χ0v) is 18.9. The maximum atomic E-state index is 11.4. The predicted molar refractivity (Wildman–Crippen MR) is 119 cm³/mol. The molecule has 2 aromatic rings. The number of aryl methyl sites for hydroxylation is 1. The van der Waals surface area contributed by atoms with E-state index < -0.39 is 5.97 Å². The molecule has 170 valence electrons. The summed E-state index contributed by atoms with van der Waals surface area (Å²) in [5, 5.41) is 9.39. The van der Waals surface area contributed by atoms with Crippen LogP contribution in [0.15, 0.2) is 28.7 Å². The third-order valence-corrected chi connectivity index (χ3v) is 6.31. The topological polar surface area (TPSA) is 81.8 Å². The van der Waals surface area contributed by atoms with Crippen LogP contribution >= 0.6 is 0 Å². The van der Waals surface area contributed by atoms with Crippen LogP contribution in [-0.4, -0.2) is 29.3 Å². The lowest BCUT2D eigenvalue weighted by Gasteiger charge is -2.29. The Bertz CT molecular complexity index is 846. The summed E-state index contributed by atoms with van der Waals surface area (Å²) >= 11 is 0. The van der Waals surface area contributed by atoms with Crippen molar-refractivity contribution in [2.24, 2.45) is 11.8 Å². The highest BCUT2D eigenvalue weighted by Gasteiger charge is 2.25. The molecule has 0 saturated heterocycles. The van der Waals surface area contributed by atoms with Crippen LogP contribution in [0.25, 0.3) is 11.5 Å². The number of carboxylic acid groups (broad SMARTS) is 1. The second-order valence-electron chi connectivity index (χ2n) is 8.62. The van der Waals surface area contributed by atoms with Crippen LogP contribution in [0, 0.1) is 18.8 Å². The quantitative estimate of drug-likeness (QED) is 0.471. The number of rotatable bonds is 11. The van der Waals surface area contributed by atoms with Gasteiger partial charge in [0.2, 0.25) is 5.89 Å². The molecule has 1 aliphatic carbocycles. The van der Waals surface area contributed by atoms with Gasteiger partial charge >= 0.3 is 5.97 Å². The minimum Gasteiger partial charge on any atom is -0.497 e. The van der Waals surface area contributed by atoms with Gasteiger partial charge < -0.3 is 19.0 Å². The van der Waals surface area contributed by atoms with Gasteiger partial charge in [-0.2, -0.15) is 0 Å². The highest BCUT2D eigenvalue weighted by Crippen LogP contribution is 2.32. The van der Waals surface area contributed by atoms with Crippen LogP contribution < -0.4 is 4.74 Å². The summed E-state index contributed by atoms with van der Waals surface area (Å²) in [7, 11) is 1.64. The van der Waals surface area contributed by atoms with Gasteiger partial charge in [0.25, 0.3) is 0 Å². The number of hydrogen-bond donors (Lipinski definition) is 1. The molecule has 1 heterocycles. The molecule has 0 bridgehead atoms. The first-order valence-corrected chi connectivity index (χ1v) is 11.4. The van der Waals surface area contributed by atoms with Gasteiger partial charge in [0, 0.05) is 5.56 Å². The first-order valence-electron chi connectivity index (χ1n) is 11.4. The van der Waals surface area contributed by atoms with Gasteiger partial charge in [0.05, 0.1) is 25.7 Å². The van der Waals surface area contributed by atoms with E-state index >= 15 is 0 Å². The number of oxazole rings is 1. The van der Waals surface area contributed by atoms with E-state index in [2.05, 4.69) is 4.98 Å². The van der Waals surface area contributed by atoms with Crippen LogP contribution in [0.3, 0.4) is 0 Å². The number of carbonyl (C=O) groups is 1. The molecule has 3 atom stereocenters. The van der Waals surface area contributed by atoms with Gasteiger partial charge in [0.1, 0.15) is 17.2 Å². The maximum Gasteiger partial charge on any atom is 0.306 e. The molecule has 1 aliphatic rings. The summed E-state index contributed by atoms with van der Waals surface area (Å²) in [5.41, 5.74) is 1.71. The molecule has 6 nitrogen and oxygen atoms in total. The van der Waals surface area contributed by atoms with Crippen molar-refractivity contribution >= 4 is 5.97 Å². The predicted octanol–water partition coefficient (Wildman–Crippen LogP) is 6.02. The molecular formula is C25H35NO5. The Morgan fingerprint density at radius 3 is 2.90 bits per heavy atom. The lowest BCUT2D eigenvalue weighted by molar-refractivity contribution is -0.142. The van der Waals surface area contributed by atoms with Gasteiger partial charge in [-0.25, -0.2) is 4.98 Å². The Hall–Kier alpha value is -2.34. The van der Waals surface area contributed by atoms with E-state index in [4.69, 9.17) is 13.9 Å². The molecule has 0 aliphatic heterocycles. The molecule has 0 radical (unpaired) electrons. The largest absolute Gasteiger partial charge is 0.497 e. The van der Waals surface area contributed by atoms with Crippen molar-refractivity contribution in [1.29, 1.82) is 0 Å². The number of aromatic nitrogens is 1. The molecule has 1 unspecified atom stereocenters. The van der Waals surface area contributed by atoms with Crippen molar-refractivity contribution in [2.75, 3.05) is 7.11 Å². The minimum atomic E-state index is -0.654. The Morgan fingerprint density at radius 2 is 2.16 bits per heavy atom. The van der Waals surface area contributed by atoms with Crippen molar-refractivity contribution in [3.8, 4) is 17.2 Å². The first kappa shape index (κ1) is 23.3. The van der Waals surface area contributed by atoms with Crippen LogP contribution in [-0.2, 0) is 16.1 Å². The SMILES string of the molecule is CCCC(CC[C@@H]1CCC[C@H](OCc2nc(-c3cccc(OC)c3)oc2C)C1)C(=O)O. The standard InChI is InChI=1S/C25H35NO5/c1-4-7-19(25(27)28)13-12-18-8-5-11-22(14-18)30-16-23-17(2)31-24(26-23)20-9-6-10-21(15-20)29-3/h6,9-10,15,18-19,22H,4-5,7-8,11-14,16H2,1-3H3,(H,27,28)/t18-,19?,22-/m0/s1. The lowest BCUT2D eigenvalue weighted by Crippen LogP contribution is -2.24. The van der Waals surface area contributed by atoms with E-state index in [1.54, 1.807) is 7.11 Å². The summed E-state index contributed by atoms with van der Waals surface area (Å²) in [6, 6.07) is 7.67. The van der Waals surface area contributed by atoms with E-state index in [1.165, 1.54) is 6.42 Å². The molecule has 1 saturated carbocycles. The highest BCUT2D eigenvalue weighted by atomic mass is 16.5. The second-order valence-corrected chi connectivity index (χ2v) is 8.62. The number of aliphatic carboxylic acids is 1. The monoisotopic (exact) mass is 429 g/mol. The summed E-state index contributed by atoms with van der Waals surface area (Å²) in [5.74, 6) is 1.80. The smallest absolute Gasteiger partial charge is 0.306 e. The van der Waals surface area contributed by atoms with Crippen LogP contribution in [0.4, 0.5) is 0 Å². The Kier molecular flexibility index (Phi) is 8.52. The van der Waals surface area contributed by atoms with Gasteiger partial charge in [-0.1, -0.05) is 32.3 Å². The fourth-order valence-corrected chi connectivity index (χ4v) is 4.47. The van der Waals surface area contributed by atoms with Gasteiger partial charge in [-0.15, -0.1) is 0 Å². The normalized spacial score (nSPS) is 19.8. The van der Waals surface area contributed by atoms with E-state index in [1.807, 2.05) is 38.1 Å². The maximum absolute atomic E-state index is 11.4. The lowest BCUT2D eigenvalue weighted by atomic mass is 9.82. The van der Waals surface area contributed by atoms with Gasteiger partial charge in [-0.05, 0) is 63.1 Å². The molecule has 1 fully saturated rings. The molecule has 31 heavy (non-hydrogen) atoms. The summed E-state index contributed by atoms with van der Waals surface area (Å²) < 4.78 is 17.4. The van der Waals surface area contributed by atoms with E-state index in [0.29, 0.717) is 18.4 Å². The van der Waals surface area contributed by atoms with Crippen molar-refractivity contribution < 1.29 is 23.8 Å². The van der Waals surface area contributed by atoms with Crippen LogP contribution in [0.2, 0.25) is 0 Å². The molecule has 1 N–H and O–H groups in total. The number of benzene rings is 1. The number of carboxylic acids is 1. The molecule has 1 aromatic carbocycles. The number of methoxy groups -OCH3 is 1. The molecule has 1 aromatic heterocycles. The molecule has 0 spiro atoms. The highest BCUT2D eigenvalue weighted by molar-refractivity contribution is 5.69. The van der Waals surface area contributed by atoms with Crippen molar-refractivity contribution in [3.63, 3.8) is 0 Å². The fraction of sp³-hybridized carbons (Fsp3) is 0.600. The average Bonchev–Trinajstić information content (AvgIpc) is 3.16. The Labute approximate surface area is 185 Å². The fourth-order valence-electron chi connectivity index (χ4n) is 4.47. The summed E-state index contributed by atoms with van der Waals surface area (Å²) in [6.45, 7) is 4.40. The van der Waals surface area contributed by atoms with Crippen molar-refractivity contribution in [2.45, 2.75) is 77.9 Å². The van der Waals surface area contributed by atoms with Crippen molar-refractivity contribution in [3.05, 3.63) is 35.7 Å². The zero-order chi connectivity index (χ0) is 22.2. The third-order valence-electron chi connectivity index (χ3n) is 6.31. The Morgan fingerprint density at radius 1 is 1.32 bits per heavy atom. The third kappa shape index (κ3) is 6.57. The molecule has 3 rings (SSSR count). The summed E-state index contributed by atoms with van der Waals surface area (Å²) in [6.07, 6.45) is 7.97. The molecule has 6 heteroatoms. The van der Waals surface area contributed by atoms with Crippen LogP contribution in [0.1, 0.15) is 69.7 Å². The minimum absolute atomic E-state index is 0.199. The summed E-state index contributed by atoms with van der Waals surface area (Å²) in [4.78, 5) is 16.1. The average molecular weight is 430 g/mol. The first-order chi connectivity index (χ1) is 15.0. The second kappa shape index (κ2) is 11.3. The number of ether oxygens (including phenoxy) is 2. The van der Waals surface area contributed by atoms with Gasteiger partial charge in [0.15, 0.2) is 0 Å². The van der Waals surface area contributed by atoms with Crippen molar-refractivity contribution in [1.82, 2.24) is 4.98 Å². The number of nitrogens with zero attached hydrogens (tertiary/aromatic N) is 1. The van der Waals surface area contributed by atoms with Gasteiger partial charge in [-0.3, -0.25) is 4.79 Å². The van der Waals surface area contributed by atoms with E-state index in [9.17, 15) is 9.90 Å². The zero-order valence-electron chi connectivity index (χ0n) is 18.9. The molecular weight excluding hydrogens is 394 g/mol.